The maximum absolute atomic E-state index is 14.9. The number of rotatable bonds is 8. The van der Waals surface area contributed by atoms with Gasteiger partial charge in [0.25, 0.3) is 0 Å². The molecule has 1 saturated carbocycles. The topological polar surface area (TPSA) is 75.4 Å². The van der Waals surface area contributed by atoms with Crippen LogP contribution in [0.1, 0.15) is 44.1 Å². The number of halogens is 5. The van der Waals surface area contributed by atoms with Gasteiger partial charge in [0, 0.05) is 35.9 Å². The van der Waals surface area contributed by atoms with E-state index in [-0.39, 0.29) is 41.9 Å². The van der Waals surface area contributed by atoms with Gasteiger partial charge in [0.2, 0.25) is 0 Å². The Balaban J connectivity index is 1.21. The molecule has 4 aliphatic rings. The summed E-state index contributed by atoms with van der Waals surface area (Å²) in [6.45, 7) is 2.45. The lowest BCUT2D eigenvalue weighted by molar-refractivity contribution is -0.447. The third kappa shape index (κ3) is 7.69. The van der Waals surface area contributed by atoms with Crippen molar-refractivity contribution >= 4 is 35.6 Å². The van der Waals surface area contributed by atoms with Crippen molar-refractivity contribution in [2.75, 3.05) is 51.0 Å². The number of benzene rings is 1. The van der Waals surface area contributed by atoms with Gasteiger partial charge in [-0.05, 0) is 67.5 Å². The largest absolute Gasteiger partial charge is 0.462 e. The molecule has 3 heterocycles. The first kappa shape index (κ1) is 30.9. The van der Waals surface area contributed by atoms with Crippen molar-refractivity contribution in [3.05, 3.63) is 40.6 Å². The predicted octanol–water partition coefficient (Wildman–Crippen LogP) is 4.65. The fourth-order valence-electron chi connectivity index (χ4n) is 5.82. The first-order chi connectivity index (χ1) is 20.1. The lowest BCUT2D eigenvalue weighted by Gasteiger charge is -2.40. The molecule has 1 N–H and O–H groups in total. The summed E-state index contributed by atoms with van der Waals surface area (Å²) in [7, 11) is 0. The van der Waals surface area contributed by atoms with E-state index in [2.05, 4.69) is 15.3 Å². The molecule has 5 rings (SSSR count). The lowest BCUT2D eigenvalue weighted by atomic mass is 9.85. The zero-order valence-electron chi connectivity index (χ0n) is 23.3. The van der Waals surface area contributed by atoms with Crippen molar-refractivity contribution in [1.29, 1.82) is 0 Å². The van der Waals surface area contributed by atoms with Crippen LogP contribution in [0.2, 0.25) is 0 Å². The molecule has 0 spiro atoms. The van der Waals surface area contributed by atoms with Crippen molar-refractivity contribution in [3.63, 3.8) is 0 Å². The predicted molar refractivity (Wildman–Crippen MR) is 150 cm³/mol. The molecular weight excluding hydrogens is 580 g/mol. The molecular formula is C29H36ClF4N4O4+. The van der Waals surface area contributed by atoms with Crippen molar-refractivity contribution in [2.45, 2.75) is 62.5 Å². The fourth-order valence-corrected chi connectivity index (χ4v) is 6.02. The Morgan fingerprint density at radius 2 is 1.88 bits per heavy atom. The van der Waals surface area contributed by atoms with Crippen LogP contribution in [-0.4, -0.2) is 87.0 Å². The van der Waals surface area contributed by atoms with Crippen molar-refractivity contribution in [3.8, 4) is 0 Å². The smallest absolute Gasteiger partial charge is 0.379 e. The van der Waals surface area contributed by atoms with E-state index in [1.807, 2.05) is 0 Å². The Hall–Kier alpha value is -2.54. The summed E-state index contributed by atoms with van der Waals surface area (Å²) in [6.07, 6.45) is 2.64. The van der Waals surface area contributed by atoms with E-state index in [0.717, 1.165) is 37.8 Å². The molecule has 1 amide bonds. The van der Waals surface area contributed by atoms with Crippen LogP contribution in [0.5, 0.6) is 0 Å². The van der Waals surface area contributed by atoms with E-state index in [1.54, 1.807) is 6.21 Å². The van der Waals surface area contributed by atoms with Crippen LogP contribution in [-0.2, 0) is 25.2 Å². The average molecular weight is 616 g/mol. The van der Waals surface area contributed by atoms with Gasteiger partial charge in [0.1, 0.15) is 6.21 Å². The molecule has 13 heteroatoms. The minimum Gasteiger partial charge on any atom is -0.379 e. The normalized spacial score (nSPS) is 30.1. The molecule has 42 heavy (non-hydrogen) atoms. The Morgan fingerprint density at radius 1 is 1.12 bits per heavy atom. The second-order valence-electron chi connectivity index (χ2n) is 11.3. The van der Waals surface area contributed by atoms with E-state index in [4.69, 9.17) is 25.8 Å². The number of alkyl halides is 4. The zero-order valence-corrected chi connectivity index (χ0v) is 24.0. The summed E-state index contributed by atoms with van der Waals surface area (Å²) in [4.78, 5) is 15.1. The Morgan fingerprint density at radius 3 is 2.52 bits per heavy atom. The Kier molecular flexibility index (Phi) is 9.86. The van der Waals surface area contributed by atoms with Crippen LogP contribution in [0, 0.1) is 5.92 Å². The van der Waals surface area contributed by atoms with Crippen LogP contribution < -0.4 is 10.2 Å². The van der Waals surface area contributed by atoms with Gasteiger partial charge < -0.3 is 24.4 Å². The van der Waals surface area contributed by atoms with Gasteiger partial charge in [-0.25, -0.2) is 9.18 Å². The van der Waals surface area contributed by atoms with Crippen molar-refractivity contribution in [1.82, 2.24) is 5.32 Å². The number of amides is 1. The SMILES string of the molecule is O=C1C(Cl)=C(NC[C@]2(F)CCCOC2)C=N/[N+]1=C/C1CCC(N(C[C@H]2COCCO2)c2ccc(C(F)(F)F)cc2)CC1. The number of hydrogen-bond acceptors (Lipinski definition) is 7. The van der Waals surface area contributed by atoms with E-state index >= 15 is 0 Å². The second kappa shape index (κ2) is 13.4. The standard InChI is InChI=1S/C29H35ClF4N4O4/c30-26-25(35-18-28(31)10-1-11-41-19-28)14-36-38(27(26)39)15-20-2-6-22(7-3-20)37(16-24-17-40-12-13-42-24)23-8-4-21(5-9-23)29(32,33)34/h4-5,8-9,14-15,20,22,24H,1-3,6-7,10-13,16-19H2/p+1/b38-15+/t20?,22?,24-,28+/m0/s1. The van der Waals surface area contributed by atoms with Crippen molar-refractivity contribution < 1.29 is 41.3 Å². The number of nitrogens with one attached hydrogen (secondary N) is 1. The summed E-state index contributed by atoms with van der Waals surface area (Å²) in [5.74, 6) is -0.434. The summed E-state index contributed by atoms with van der Waals surface area (Å²) in [6, 6.07) is 5.32. The van der Waals surface area contributed by atoms with Gasteiger partial charge >= 0.3 is 12.1 Å². The van der Waals surface area contributed by atoms with Crippen LogP contribution in [0.3, 0.4) is 0 Å². The number of hydrazone groups is 1. The summed E-state index contributed by atoms with van der Waals surface area (Å²) >= 11 is 6.33. The molecule has 3 aliphatic heterocycles. The molecule has 2 saturated heterocycles. The minimum absolute atomic E-state index is 0.00365. The average Bonchev–Trinajstić information content (AvgIpc) is 2.99. The zero-order chi connectivity index (χ0) is 29.7. The molecule has 3 fully saturated rings. The summed E-state index contributed by atoms with van der Waals surface area (Å²) in [5.41, 5.74) is -1.23. The maximum Gasteiger partial charge on any atom is 0.462 e. The van der Waals surface area contributed by atoms with Crippen LogP contribution in [0.25, 0.3) is 0 Å². The third-order valence-electron chi connectivity index (χ3n) is 8.16. The number of ether oxygens (including phenoxy) is 3. The molecule has 8 nitrogen and oxygen atoms in total. The van der Waals surface area contributed by atoms with Crippen LogP contribution in [0.15, 0.2) is 40.1 Å². The molecule has 2 atom stereocenters. The molecule has 1 aliphatic carbocycles. The number of anilines is 1. The van der Waals surface area contributed by atoms with Gasteiger partial charge in [-0.1, -0.05) is 11.6 Å². The third-order valence-corrected chi connectivity index (χ3v) is 8.52. The first-order valence-corrected chi connectivity index (χ1v) is 14.8. The maximum atomic E-state index is 14.9. The highest BCUT2D eigenvalue weighted by Gasteiger charge is 2.37. The first-order valence-electron chi connectivity index (χ1n) is 14.4. The monoisotopic (exact) mass is 615 g/mol. The Bertz CT molecular complexity index is 1190. The molecule has 0 unspecified atom stereocenters. The molecule has 230 valence electrons. The van der Waals surface area contributed by atoms with Gasteiger partial charge in [-0.2, -0.15) is 13.2 Å². The molecule has 0 aromatic heterocycles. The molecule has 0 bridgehead atoms. The highest BCUT2D eigenvalue weighted by Crippen LogP contribution is 2.34. The lowest BCUT2D eigenvalue weighted by Crippen LogP contribution is -2.46. The number of hydrogen-bond donors (Lipinski definition) is 1. The number of carbonyl (C=O) groups is 1. The second-order valence-corrected chi connectivity index (χ2v) is 11.6. The highest BCUT2D eigenvalue weighted by molar-refractivity contribution is 6.42. The van der Waals surface area contributed by atoms with E-state index in [1.165, 1.54) is 23.0 Å². The quantitative estimate of drug-likeness (QED) is 0.339. The number of carbonyl (C=O) groups excluding carboxylic acids is 1. The number of nitrogens with zero attached hydrogens (tertiary/aromatic N) is 3. The van der Waals surface area contributed by atoms with Gasteiger partial charge in [-0.3, -0.25) is 0 Å². The molecule has 1 aromatic carbocycles. The van der Waals surface area contributed by atoms with Gasteiger partial charge in [0.05, 0.1) is 50.3 Å². The molecule has 0 radical (unpaired) electrons. The van der Waals surface area contributed by atoms with Gasteiger partial charge in [0.15, 0.2) is 16.9 Å². The minimum atomic E-state index is -4.40. The van der Waals surface area contributed by atoms with E-state index in [0.29, 0.717) is 51.5 Å². The van der Waals surface area contributed by atoms with Crippen LogP contribution >= 0.6 is 11.6 Å². The number of allylic oxidation sites excluding steroid dienone is 1. The van der Waals surface area contributed by atoms with Crippen LogP contribution in [0.4, 0.5) is 23.2 Å². The van der Waals surface area contributed by atoms with E-state index in [9.17, 15) is 22.4 Å². The fraction of sp³-hybridized carbons (Fsp3) is 0.621. The van der Waals surface area contributed by atoms with Gasteiger partial charge in [-0.15, -0.1) is 0 Å². The highest BCUT2D eigenvalue weighted by atomic mass is 35.5. The van der Waals surface area contributed by atoms with E-state index < -0.39 is 23.3 Å². The summed E-state index contributed by atoms with van der Waals surface area (Å²) in [5, 5.41) is 7.09. The molecule has 1 aromatic rings. The Labute approximate surface area is 247 Å². The van der Waals surface area contributed by atoms with Crippen molar-refractivity contribution in [2.24, 2.45) is 11.0 Å². The summed E-state index contributed by atoms with van der Waals surface area (Å²) < 4.78 is 72.2.